The molecule has 0 atom stereocenters. The Balaban J connectivity index is 1.91. The molecular formula is C14H11ClN2OS. The number of amides is 1. The normalized spacial score (nSPS) is 10.8. The van der Waals surface area contributed by atoms with E-state index in [2.05, 4.69) is 5.32 Å². The lowest BCUT2D eigenvalue weighted by molar-refractivity contribution is 0.102. The van der Waals surface area contributed by atoms with Crippen LogP contribution in [0, 0.1) is 0 Å². The summed E-state index contributed by atoms with van der Waals surface area (Å²) < 4.78 is 3.00. The fourth-order valence-corrected chi connectivity index (χ4v) is 3.07. The summed E-state index contributed by atoms with van der Waals surface area (Å²) in [6.07, 6.45) is 0. The van der Waals surface area contributed by atoms with Gasteiger partial charge >= 0.3 is 0 Å². The van der Waals surface area contributed by atoms with Crippen LogP contribution in [0.15, 0.2) is 41.8 Å². The predicted octanol–water partition coefficient (Wildman–Crippen LogP) is 4.15. The number of nitrogens with zero attached hydrogens (tertiary/aromatic N) is 1. The highest BCUT2D eigenvalue weighted by Crippen LogP contribution is 2.25. The van der Waals surface area contributed by atoms with E-state index in [1.54, 1.807) is 23.5 Å². The van der Waals surface area contributed by atoms with Gasteiger partial charge in [-0.15, -0.1) is 11.3 Å². The second-order valence-corrected chi connectivity index (χ2v) is 5.61. The Morgan fingerprint density at radius 2 is 2.16 bits per heavy atom. The first-order valence-corrected chi connectivity index (χ1v) is 7.01. The molecule has 19 heavy (non-hydrogen) atoms. The number of nitrogens with one attached hydrogen (secondary N) is 1. The first kappa shape index (κ1) is 12.3. The van der Waals surface area contributed by atoms with Gasteiger partial charge in [0.25, 0.3) is 5.91 Å². The predicted molar refractivity (Wildman–Crippen MR) is 80.2 cm³/mol. The molecule has 3 rings (SSSR count). The van der Waals surface area contributed by atoms with E-state index >= 15 is 0 Å². The molecule has 0 bridgehead atoms. The van der Waals surface area contributed by atoms with E-state index in [9.17, 15) is 4.79 Å². The second-order valence-electron chi connectivity index (χ2n) is 4.22. The molecule has 0 fully saturated rings. The van der Waals surface area contributed by atoms with E-state index in [4.69, 9.17) is 11.6 Å². The Hall–Kier alpha value is -1.78. The number of aromatic nitrogens is 1. The molecular weight excluding hydrogens is 280 g/mol. The zero-order valence-electron chi connectivity index (χ0n) is 10.2. The average molecular weight is 291 g/mol. The highest BCUT2D eigenvalue weighted by molar-refractivity contribution is 7.17. The van der Waals surface area contributed by atoms with Crippen LogP contribution in [0.3, 0.4) is 0 Å². The molecule has 2 heterocycles. The number of hydrogen-bond donors (Lipinski definition) is 1. The minimum atomic E-state index is -0.131. The number of hydrogen-bond acceptors (Lipinski definition) is 2. The number of benzene rings is 1. The molecule has 3 aromatic rings. The van der Waals surface area contributed by atoms with Gasteiger partial charge in [-0.2, -0.15) is 0 Å². The number of halogens is 1. The summed E-state index contributed by atoms with van der Waals surface area (Å²) in [5.74, 6) is -0.131. The van der Waals surface area contributed by atoms with Crippen LogP contribution in [-0.4, -0.2) is 10.5 Å². The van der Waals surface area contributed by atoms with E-state index in [1.165, 1.54) is 0 Å². The molecule has 1 N–H and O–H groups in total. The summed E-state index contributed by atoms with van der Waals surface area (Å²) in [5.41, 5.74) is 2.41. The topological polar surface area (TPSA) is 34.0 Å². The van der Waals surface area contributed by atoms with E-state index < -0.39 is 0 Å². The first-order chi connectivity index (χ1) is 9.15. The maximum absolute atomic E-state index is 12.2. The highest BCUT2D eigenvalue weighted by atomic mass is 35.5. The van der Waals surface area contributed by atoms with Gasteiger partial charge in [0.15, 0.2) is 0 Å². The average Bonchev–Trinajstić information content (AvgIpc) is 2.93. The van der Waals surface area contributed by atoms with Crippen molar-refractivity contribution in [1.82, 2.24) is 4.57 Å². The molecule has 1 aromatic carbocycles. The molecule has 1 amide bonds. The smallest absolute Gasteiger partial charge is 0.272 e. The summed E-state index contributed by atoms with van der Waals surface area (Å²) >= 11 is 7.52. The number of anilines is 1. The number of carbonyl (C=O) groups excluding carboxylic acids is 1. The zero-order chi connectivity index (χ0) is 13.4. The third-order valence-corrected chi connectivity index (χ3v) is 4.07. The van der Waals surface area contributed by atoms with Crippen molar-refractivity contribution >= 4 is 44.7 Å². The van der Waals surface area contributed by atoms with E-state index in [-0.39, 0.29) is 5.91 Å². The van der Waals surface area contributed by atoms with Crippen LogP contribution in [-0.2, 0) is 7.05 Å². The van der Waals surface area contributed by atoms with Gasteiger partial charge in [0.2, 0.25) is 0 Å². The number of rotatable bonds is 2. The van der Waals surface area contributed by atoms with Gasteiger partial charge in [-0.3, -0.25) is 4.79 Å². The van der Waals surface area contributed by atoms with Gasteiger partial charge in [0.1, 0.15) is 5.69 Å². The third kappa shape index (κ3) is 2.25. The molecule has 3 nitrogen and oxygen atoms in total. The lowest BCUT2D eigenvalue weighted by atomic mass is 10.3. The van der Waals surface area contributed by atoms with E-state index in [0.29, 0.717) is 16.4 Å². The van der Waals surface area contributed by atoms with Crippen molar-refractivity contribution in [3.05, 3.63) is 52.5 Å². The fraction of sp³-hybridized carbons (Fsp3) is 0.0714. The van der Waals surface area contributed by atoms with Crippen molar-refractivity contribution in [2.75, 3.05) is 5.32 Å². The van der Waals surface area contributed by atoms with Crippen LogP contribution in [0.2, 0.25) is 5.02 Å². The van der Waals surface area contributed by atoms with Gasteiger partial charge in [-0.25, -0.2) is 0 Å². The minimum absolute atomic E-state index is 0.131. The molecule has 0 saturated carbocycles. The number of thiophene rings is 1. The second kappa shape index (κ2) is 4.72. The molecule has 96 valence electrons. The van der Waals surface area contributed by atoms with Crippen molar-refractivity contribution in [2.24, 2.45) is 7.05 Å². The minimum Gasteiger partial charge on any atom is -0.339 e. The van der Waals surface area contributed by atoms with E-state index in [0.717, 1.165) is 10.2 Å². The van der Waals surface area contributed by atoms with Gasteiger partial charge in [-0.05, 0) is 35.7 Å². The third-order valence-electron chi connectivity index (χ3n) is 2.98. The summed E-state index contributed by atoms with van der Waals surface area (Å²) in [6, 6.07) is 11.0. The maximum atomic E-state index is 12.2. The van der Waals surface area contributed by atoms with Crippen molar-refractivity contribution in [2.45, 2.75) is 0 Å². The number of carbonyl (C=O) groups is 1. The Morgan fingerprint density at radius 3 is 2.89 bits per heavy atom. The molecule has 0 aliphatic rings. The van der Waals surface area contributed by atoms with Gasteiger partial charge in [0, 0.05) is 17.8 Å². The lowest BCUT2D eigenvalue weighted by Gasteiger charge is -2.06. The Labute approximate surface area is 119 Å². The van der Waals surface area contributed by atoms with Gasteiger partial charge in [-0.1, -0.05) is 17.7 Å². The summed E-state index contributed by atoms with van der Waals surface area (Å²) in [6.45, 7) is 0. The standard InChI is InChI=1S/C14H11ClN2OS/c1-17-11-5-6-19-13(11)8-12(17)14(18)16-10-4-2-3-9(15)7-10/h2-8H,1H3,(H,16,18). The lowest BCUT2D eigenvalue weighted by Crippen LogP contribution is -2.15. The summed E-state index contributed by atoms with van der Waals surface area (Å²) in [7, 11) is 1.89. The fourth-order valence-electron chi connectivity index (χ4n) is 2.03. The van der Waals surface area contributed by atoms with Crippen molar-refractivity contribution in [3.63, 3.8) is 0 Å². The van der Waals surface area contributed by atoms with Gasteiger partial charge < -0.3 is 9.88 Å². The van der Waals surface area contributed by atoms with Crippen LogP contribution in [0.5, 0.6) is 0 Å². The van der Waals surface area contributed by atoms with Crippen LogP contribution in [0.1, 0.15) is 10.5 Å². The Morgan fingerprint density at radius 1 is 1.32 bits per heavy atom. The largest absolute Gasteiger partial charge is 0.339 e. The Kier molecular flexibility index (Phi) is 3.05. The molecule has 0 aliphatic heterocycles. The zero-order valence-corrected chi connectivity index (χ0v) is 11.8. The van der Waals surface area contributed by atoms with Crippen molar-refractivity contribution in [1.29, 1.82) is 0 Å². The van der Waals surface area contributed by atoms with Crippen LogP contribution < -0.4 is 5.32 Å². The van der Waals surface area contributed by atoms with Crippen molar-refractivity contribution in [3.8, 4) is 0 Å². The van der Waals surface area contributed by atoms with Crippen LogP contribution in [0.4, 0.5) is 5.69 Å². The van der Waals surface area contributed by atoms with Crippen LogP contribution >= 0.6 is 22.9 Å². The molecule has 0 radical (unpaired) electrons. The van der Waals surface area contributed by atoms with E-state index in [1.807, 2.05) is 41.3 Å². The molecule has 0 aliphatic carbocycles. The molecule has 0 saturated heterocycles. The molecule has 0 spiro atoms. The summed E-state index contributed by atoms with van der Waals surface area (Å²) in [5, 5.41) is 5.47. The Bertz CT molecular complexity index is 760. The molecule has 0 unspecified atom stereocenters. The summed E-state index contributed by atoms with van der Waals surface area (Å²) in [4.78, 5) is 12.2. The highest BCUT2D eigenvalue weighted by Gasteiger charge is 2.14. The SMILES string of the molecule is Cn1c(C(=O)Nc2cccc(Cl)c2)cc2sccc21. The van der Waals surface area contributed by atoms with Gasteiger partial charge in [0.05, 0.1) is 10.2 Å². The monoisotopic (exact) mass is 290 g/mol. The quantitative estimate of drug-likeness (QED) is 0.756. The number of fused-ring (bicyclic) bond motifs is 1. The molecule has 2 aromatic heterocycles. The first-order valence-electron chi connectivity index (χ1n) is 5.75. The van der Waals surface area contributed by atoms with Crippen LogP contribution in [0.25, 0.3) is 10.2 Å². The maximum Gasteiger partial charge on any atom is 0.272 e. The van der Waals surface area contributed by atoms with Crippen molar-refractivity contribution < 1.29 is 4.79 Å². The number of aryl methyl sites for hydroxylation is 1. The molecule has 5 heteroatoms.